The van der Waals surface area contributed by atoms with Crippen molar-refractivity contribution in [3.05, 3.63) is 126 Å². The summed E-state index contributed by atoms with van der Waals surface area (Å²) in [6.45, 7) is 4.41. The molecule has 30 heavy (non-hydrogen) atoms. The number of allylic oxidation sites excluding steroid dienone is 1. The molecule has 5 rings (SSSR count). The van der Waals surface area contributed by atoms with Gasteiger partial charge in [-0.15, -0.1) is 0 Å². The maximum absolute atomic E-state index is 2.40. The zero-order chi connectivity index (χ0) is 20.5. The minimum Gasteiger partial charge on any atom is -0.310 e. The molecule has 0 radical (unpaired) electrons. The van der Waals surface area contributed by atoms with Crippen molar-refractivity contribution < 1.29 is 0 Å². The van der Waals surface area contributed by atoms with E-state index in [9.17, 15) is 0 Å². The van der Waals surface area contributed by atoms with Gasteiger partial charge in [0.2, 0.25) is 0 Å². The van der Waals surface area contributed by atoms with Crippen molar-refractivity contribution in [3.63, 3.8) is 0 Å². The van der Waals surface area contributed by atoms with Gasteiger partial charge in [-0.05, 0) is 55.8 Å². The van der Waals surface area contributed by atoms with E-state index in [1.54, 1.807) is 0 Å². The topological polar surface area (TPSA) is 6.48 Å². The van der Waals surface area contributed by atoms with Gasteiger partial charge in [0.15, 0.2) is 0 Å². The summed E-state index contributed by atoms with van der Waals surface area (Å²) in [4.78, 5) is 4.77. The van der Waals surface area contributed by atoms with E-state index in [-0.39, 0.29) is 0 Å². The Morgan fingerprint density at radius 3 is 1.53 bits per heavy atom. The van der Waals surface area contributed by atoms with Crippen molar-refractivity contribution in [2.24, 2.45) is 0 Å². The third kappa shape index (κ3) is 2.98. The fraction of sp³-hybridized carbons (Fsp3) is 0.0714. The first-order chi connectivity index (χ1) is 14.8. The van der Waals surface area contributed by atoms with Crippen LogP contribution in [0.25, 0.3) is 5.70 Å². The van der Waals surface area contributed by atoms with E-state index in [0.717, 1.165) is 5.69 Å². The molecule has 1 aliphatic rings. The van der Waals surface area contributed by atoms with Crippen LogP contribution in [0.1, 0.15) is 18.1 Å². The summed E-state index contributed by atoms with van der Waals surface area (Å²) in [7, 11) is 0. The standard InChI is InChI=1S/C28H24N2/c1-21-13-9-10-18-25(21)28-22(2)29(23-14-5-3-6-15-23)26-19-11-12-20-27(26)30(28)24-16-7-4-8-17-24/h3-20H,1-2H3. The van der Waals surface area contributed by atoms with Gasteiger partial charge in [0.25, 0.3) is 0 Å². The van der Waals surface area contributed by atoms with Crippen LogP contribution < -0.4 is 9.80 Å². The zero-order valence-corrected chi connectivity index (χ0v) is 17.3. The minimum atomic E-state index is 1.16. The molecule has 2 heteroatoms. The van der Waals surface area contributed by atoms with E-state index < -0.39 is 0 Å². The highest BCUT2D eigenvalue weighted by molar-refractivity contribution is 6.01. The Morgan fingerprint density at radius 1 is 0.467 bits per heavy atom. The molecule has 0 N–H and O–H groups in total. The number of benzene rings is 4. The Kier molecular flexibility index (Phi) is 4.61. The van der Waals surface area contributed by atoms with Gasteiger partial charge in [0.1, 0.15) is 0 Å². The summed E-state index contributed by atoms with van der Waals surface area (Å²) in [5, 5.41) is 0. The third-order valence-corrected chi connectivity index (χ3v) is 5.69. The second-order valence-corrected chi connectivity index (χ2v) is 7.58. The molecule has 1 heterocycles. The van der Waals surface area contributed by atoms with E-state index in [0.29, 0.717) is 0 Å². The second kappa shape index (κ2) is 7.57. The lowest BCUT2D eigenvalue weighted by Gasteiger charge is -2.41. The lowest BCUT2D eigenvalue weighted by molar-refractivity contribution is 1.08. The summed E-state index contributed by atoms with van der Waals surface area (Å²) in [5.74, 6) is 0. The highest BCUT2D eigenvalue weighted by atomic mass is 15.3. The zero-order valence-electron chi connectivity index (χ0n) is 17.3. The lowest BCUT2D eigenvalue weighted by Crippen LogP contribution is -2.30. The first kappa shape index (κ1) is 18.3. The number of nitrogens with zero attached hydrogens (tertiary/aromatic N) is 2. The molecule has 0 unspecified atom stereocenters. The van der Waals surface area contributed by atoms with Crippen LogP contribution in [0.2, 0.25) is 0 Å². The van der Waals surface area contributed by atoms with E-state index in [2.05, 4.69) is 133 Å². The number of rotatable bonds is 3. The number of anilines is 4. The van der Waals surface area contributed by atoms with E-state index >= 15 is 0 Å². The number of para-hydroxylation sites is 4. The van der Waals surface area contributed by atoms with Crippen LogP contribution in [0.15, 0.2) is 115 Å². The summed E-state index contributed by atoms with van der Waals surface area (Å²) in [6, 6.07) is 38.5. The molecule has 1 aliphatic heterocycles. The van der Waals surface area contributed by atoms with Gasteiger partial charge in [-0.3, -0.25) is 0 Å². The molecular formula is C28H24N2. The third-order valence-electron chi connectivity index (χ3n) is 5.69. The summed E-state index contributed by atoms with van der Waals surface area (Å²) in [5.41, 5.74) is 9.62. The van der Waals surface area contributed by atoms with E-state index in [4.69, 9.17) is 0 Å². The summed E-state index contributed by atoms with van der Waals surface area (Å²) in [6.07, 6.45) is 0. The Labute approximate surface area is 178 Å². The molecule has 0 aromatic heterocycles. The van der Waals surface area contributed by atoms with Crippen molar-refractivity contribution in [3.8, 4) is 0 Å². The lowest BCUT2D eigenvalue weighted by atomic mass is 9.98. The van der Waals surface area contributed by atoms with Crippen molar-refractivity contribution in [1.82, 2.24) is 0 Å². The first-order valence-electron chi connectivity index (χ1n) is 10.3. The Morgan fingerprint density at radius 2 is 0.933 bits per heavy atom. The predicted molar refractivity (Wildman–Crippen MR) is 127 cm³/mol. The van der Waals surface area contributed by atoms with Gasteiger partial charge in [-0.2, -0.15) is 0 Å². The number of hydrogen-bond donors (Lipinski definition) is 0. The molecule has 0 saturated heterocycles. The molecule has 2 nitrogen and oxygen atoms in total. The normalized spacial score (nSPS) is 13.4. The molecule has 0 fully saturated rings. The van der Waals surface area contributed by atoms with Crippen LogP contribution in [-0.4, -0.2) is 0 Å². The summed E-state index contributed by atoms with van der Waals surface area (Å²) >= 11 is 0. The number of fused-ring (bicyclic) bond motifs is 1. The van der Waals surface area contributed by atoms with Gasteiger partial charge in [0.05, 0.1) is 17.1 Å². The van der Waals surface area contributed by atoms with Crippen molar-refractivity contribution in [2.45, 2.75) is 13.8 Å². The molecule has 0 atom stereocenters. The van der Waals surface area contributed by atoms with Crippen LogP contribution in [0.4, 0.5) is 22.7 Å². The predicted octanol–water partition coefficient (Wildman–Crippen LogP) is 7.67. The molecule has 0 aliphatic carbocycles. The average Bonchev–Trinajstić information content (AvgIpc) is 2.80. The molecule has 0 spiro atoms. The molecular weight excluding hydrogens is 364 g/mol. The Bertz CT molecular complexity index is 1210. The minimum absolute atomic E-state index is 1.16. The molecule has 0 bridgehead atoms. The molecule has 4 aromatic rings. The highest BCUT2D eigenvalue weighted by Gasteiger charge is 2.31. The van der Waals surface area contributed by atoms with E-state index in [1.807, 2.05) is 0 Å². The van der Waals surface area contributed by atoms with Gasteiger partial charge in [0, 0.05) is 22.6 Å². The largest absolute Gasteiger partial charge is 0.310 e. The molecule has 146 valence electrons. The Balaban J connectivity index is 1.85. The first-order valence-corrected chi connectivity index (χ1v) is 10.3. The molecule has 0 saturated carbocycles. The van der Waals surface area contributed by atoms with Gasteiger partial charge in [-0.1, -0.05) is 72.8 Å². The van der Waals surface area contributed by atoms with Gasteiger partial charge in [-0.25, -0.2) is 0 Å². The van der Waals surface area contributed by atoms with Crippen molar-refractivity contribution in [1.29, 1.82) is 0 Å². The maximum atomic E-state index is 2.40. The Hall–Kier alpha value is -3.78. The van der Waals surface area contributed by atoms with Crippen LogP contribution >= 0.6 is 0 Å². The van der Waals surface area contributed by atoms with Crippen LogP contribution in [-0.2, 0) is 0 Å². The van der Waals surface area contributed by atoms with E-state index in [1.165, 1.54) is 39.6 Å². The second-order valence-electron chi connectivity index (χ2n) is 7.58. The van der Waals surface area contributed by atoms with Crippen LogP contribution in [0.3, 0.4) is 0 Å². The maximum Gasteiger partial charge on any atom is 0.0733 e. The van der Waals surface area contributed by atoms with Crippen LogP contribution in [0, 0.1) is 6.92 Å². The smallest absolute Gasteiger partial charge is 0.0733 e. The molecule has 0 amide bonds. The van der Waals surface area contributed by atoms with Gasteiger partial charge < -0.3 is 9.80 Å². The van der Waals surface area contributed by atoms with Crippen molar-refractivity contribution in [2.75, 3.05) is 9.80 Å². The monoisotopic (exact) mass is 388 g/mol. The number of aryl methyl sites for hydroxylation is 1. The molecule has 4 aromatic carbocycles. The quantitative estimate of drug-likeness (QED) is 0.355. The summed E-state index contributed by atoms with van der Waals surface area (Å²) < 4.78 is 0. The average molecular weight is 389 g/mol. The fourth-order valence-electron chi connectivity index (χ4n) is 4.32. The van der Waals surface area contributed by atoms with Gasteiger partial charge >= 0.3 is 0 Å². The van der Waals surface area contributed by atoms with Crippen LogP contribution in [0.5, 0.6) is 0 Å². The highest BCUT2D eigenvalue weighted by Crippen LogP contribution is 2.49. The fourth-order valence-corrected chi connectivity index (χ4v) is 4.32. The number of hydrogen-bond acceptors (Lipinski definition) is 2. The van der Waals surface area contributed by atoms with Crippen molar-refractivity contribution >= 4 is 28.4 Å². The SMILES string of the molecule is CC1=C(c2ccccc2C)N(c2ccccc2)c2ccccc2N1c1ccccc1.